The summed E-state index contributed by atoms with van der Waals surface area (Å²) >= 11 is 0. The number of hydrogen-bond donors (Lipinski definition) is 1. The van der Waals surface area contributed by atoms with Crippen LogP contribution in [-0.4, -0.2) is 22.7 Å². The number of carbonyl (C=O) groups excluding carboxylic acids is 1. The predicted molar refractivity (Wildman–Crippen MR) is 105 cm³/mol. The van der Waals surface area contributed by atoms with Gasteiger partial charge in [-0.1, -0.05) is 18.2 Å². The van der Waals surface area contributed by atoms with Crippen LogP contribution in [0, 0.1) is 23.2 Å². The van der Waals surface area contributed by atoms with Gasteiger partial charge in [-0.3, -0.25) is 9.59 Å². The van der Waals surface area contributed by atoms with E-state index in [0.717, 1.165) is 24.2 Å². The molecule has 27 heavy (non-hydrogen) atoms. The molecule has 5 heteroatoms. The number of nitrogens with one attached hydrogen (secondary N) is 1. The lowest BCUT2D eigenvalue weighted by molar-refractivity contribution is -0.0597. The Bertz CT molecular complexity index is 926. The molecule has 2 aromatic rings. The van der Waals surface area contributed by atoms with E-state index in [1.54, 1.807) is 23.9 Å². The molecule has 1 N–H and O–H groups in total. The number of carbonyl (C=O) groups is 1. The zero-order chi connectivity index (χ0) is 18.6. The summed E-state index contributed by atoms with van der Waals surface area (Å²) in [7, 11) is 1.60. The first-order valence-electron chi connectivity index (χ1n) is 10.3. The molecule has 4 saturated carbocycles. The van der Waals surface area contributed by atoms with Gasteiger partial charge in [-0.25, -0.2) is 4.68 Å². The Morgan fingerprint density at radius 2 is 1.70 bits per heavy atom. The smallest absolute Gasteiger partial charge is 0.274 e. The van der Waals surface area contributed by atoms with E-state index >= 15 is 0 Å². The molecule has 4 aliphatic carbocycles. The molecule has 142 valence electrons. The highest BCUT2D eigenvalue weighted by Crippen LogP contribution is 2.61. The van der Waals surface area contributed by atoms with Crippen LogP contribution in [0.5, 0.6) is 0 Å². The van der Waals surface area contributed by atoms with Gasteiger partial charge in [-0.05, 0) is 74.2 Å². The van der Waals surface area contributed by atoms with Crippen LogP contribution in [0.15, 0.2) is 29.1 Å². The fourth-order valence-corrected chi connectivity index (χ4v) is 6.61. The lowest BCUT2D eigenvalue weighted by Crippen LogP contribution is -2.46. The minimum absolute atomic E-state index is 0.0806. The second-order valence-corrected chi connectivity index (χ2v) is 9.17. The summed E-state index contributed by atoms with van der Waals surface area (Å²) in [5.41, 5.74) is 0.663. The van der Waals surface area contributed by atoms with Gasteiger partial charge in [0.1, 0.15) is 0 Å². The molecular weight excluding hydrogens is 338 g/mol. The number of aryl methyl sites for hydroxylation is 1. The highest BCUT2D eigenvalue weighted by atomic mass is 16.2. The van der Waals surface area contributed by atoms with Crippen molar-refractivity contribution in [3.63, 3.8) is 0 Å². The number of nitrogens with zero attached hydrogens (tertiary/aromatic N) is 2. The topological polar surface area (TPSA) is 64.0 Å². The highest BCUT2D eigenvalue weighted by Gasteiger charge is 2.50. The molecule has 4 fully saturated rings. The summed E-state index contributed by atoms with van der Waals surface area (Å²) in [4.78, 5) is 25.3. The van der Waals surface area contributed by atoms with Crippen LogP contribution < -0.4 is 10.9 Å². The van der Waals surface area contributed by atoms with Crippen molar-refractivity contribution >= 4 is 16.7 Å². The zero-order valence-corrected chi connectivity index (χ0v) is 15.9. The van der Waals surface area contributed by atoms with Crippen LogP contribution in [0.3, 0.4) is 0 Å². The van der Waals surface area contributed by atoms with E-state index in [1.165, 1.54) is 38.5 Å². The van der Waals surface area contributed by atoms with Crippen LogP contribution in [-0.2, 0) is 6.54 Å². The Hall–Kier alpha value is -2.17. The van der Waals surface area contributed by atoms with E-state index in [0.29, 0.717) is 28.4 Å². The zero-order valence-electron chi connectivity index (χ0n) is 15.9. The van der Waals surface area contributed by atoms with Crippen molar-refractivity contribution < 1.29 is 4.79 Å². The molecule has 1 aromatic carbocycles. The maximum Gasteiger partial charge on any atom is 0.274 e. The molecule has 1 aromatic heterocycles. The number of hydrogen-bond acceptors (Lipinski definition) is 3. The van der Waals surface area contributed by atoms with Crippen molar-refractivity contribution in [2.45, 2.75) is 51.5 Å². The van der Waals surface area contributed by atoms with E-state index in [-0.39, 0.29) is 11.5 Å². The van der Waals surface area contributed by atoms with Gasteiger partial charge in [0.2, 0.25) is 0 Å². The van der Waals surface area contributed by atoms with Gasteiger partial charge >= 0.3 is 0 Å². The van der Waals surface area contributed by atoms with Crippen molar-refractivity contribution in [3.8, 4) is 0 Å². The highest BCUT2D eigenvalue weighted by molar-refractivity contribution is 6.04. The summed E-state index contributed by atoms with van der Waals surface area (Å²) in [6.07, 6.45) is 9.25. The maximum absolute atomic E-state index is 13.0. The predicted octanol–water partition coefficient (Wildman–Crippen LogP) is 3.36. The van der Waals surface area contributed by atoms with E-state index in [1.807, 2.05) is 12.1 Å². The van der Waals surface area contributed by atoms with E-state index in [2.05, 4.69) is 10.4 Å². The summed E-state index contributed by atoms with van der Waals surface area (Å²) < 4.78 is 1.55. The minimum Gasteiger partial charge on any atom is -0.354 e. The van der Waals surface area contributed by atoms with Gasteiger partial charge in [-0.15, -0.1) is 0 Å². The molecule has 0 aliphatic heterocycles. The fraction of sp³-hybridized carbons (Fsp3) is 0.591. The number of benzene rings is 1. The molecule has 6 rings (SSSR count). The Kier molecular flexibility index (Phi) is 3.88. The van der Waals surface area contributed by atoms with Crippen LogP contribution in [0.4, 0.5) is 0 Å². The Morgan fingerprint density at radius 3 is 2.30 bits per heavy atom. The summed E-state index contributed by atoms with van der Waals surface area (Å²) in [6, 6.07) is 7.29. The van der Waals surface area contributed by atoms with Crippen molar-refractivity contribution in [2.24, 2.45) is 23.2 Å². The molecule has 0 unspecified atom stereocenters. The van der Waals surface area contributed by atoms with Gasteiger partial charge in [0, 0.05) is 19.0 Å². The molecular formula is C22H27N3O2. The molecule has 1 amide bonds. The number of fused-ring (bicyclic) bond motifs is 1. The largest absolute Gasteiger partial charge is 0.354 e. The number of amides is 1. The van der Waals surface area contributed by atoms with Crippen molar-refractivity contribution in [1.82, 2.24) is 15.1 Å². The van der Waals surface area contributed by atoms with Crippen molar-refractivity contribution in [2.75, 3.05) is 7.05 Å². The molecule has 4 aliphatic rings. The summed E-state index contributed by atoms with van der Waals surface area (Å²) in [5.74, 6) is 2.46. The third-order valence-corrected chi connectivity index (χ3v) is 7.33. The lowest BCUT2D eigenvalue weighted by Gasteiger charge is -2.57. The minimum atomic E-state index is -0.241. The first-order chi connectivity index (χ1) is 13.1. The molecule has 0 saturated heterocycles. The average molecular weight is 365 g/mol. The molecule has 0 radical (unpaired) electrons. The standard InChI is InChI=1S/C22H27N3O2/c1-23-20(26)19-17-4-2-3-5-18(17)21(27)25(24-19)7-6-22-11-14-8-15(12-22)10-16(9-14)13-22/h2-5,14-16H,6-13H2,1H3,(H,23,26). The van der Waals surface area contributed by atoms with E-state index < -0.39 is 0 Å². The lowest BCUT2D eigenvalue weighted by atomic mass is 9.49. The molecule has 4 bridgehead atoms. The second kappa shape index (κ2) is 6.18. The first kappa shape index (κ1) is 17.0. The fourth-order valence-electron chi connectivity index (χ4n) is 6.61. The van der Waals surface area contributed by atoms with Crippen LogP contribution >= 0.6 is 0 Å². The van der Waals surface area contributed by atoms with Gasteiger partial charge in [0.25, 0.3) is 11.5 Å². The average Bonchev–Trinajstić information content (AvgIpc) is 2.66. The summed E-state index contributed by atoms with van der Waals surface area (Å²) in [5, 5.41) is 8.35. The third-order valence-electron chi connectivity index (χ3n) is 7.33. The Balaban J connectivity index is 1.48. The van der Waals surface area contributed by atoms with Gasteiger partial charge in [0.05, 0.1) is 5.39 Å². The quantitative estimate of drug-likeness (QED) is 0.904. The number of rotatable bonds is 4. The van der Waals surface area contributed by atoms with Crippen LogP contribution in [0.2, 0.25) is 0 Å². The molecule has 1 heterocycles. The van der Waals surface area contributed by atoms with Gasteiger partial charge < -0.3 is 5.32 Å². The Morgan fingerprint density at radius 1 is 1.11 bits per heavy atom. The van der Waals surface area contributed by atoms with Gasteiger partial charge in [-0.2, -0.15) is 5.10 Å². The molecule has 0 spiro atoms. The first-order valence-corrected chi connectivity index (χ1v) is 10.3. The normalized spacial score (nSPS) is 31.4. The van der Waals surface area contributed by atoms with Crippen LogP contribution in [0.25, 0.3) is 10.8 Å². The second-order valence-electron chi connectivity index (χ2n) is 9.17. The van der Waals surface area contributed by atoms with E-state index in [9.17, 15) is 9.59 Å². The van der Waals surface area contributed by atoms with Crippen molar-refractivity contribution in [3.05, 3.63) is 40.3 Å². The van der Waals surface area contributed by atoms with E-state index in [4.69, 9.17) is 0 Å². The third kappa shape index (κ3) is 2.79. The molecule has 0 atom stereocenters. The molecule has 5 nitrogen and oxygen atoms in total. The maximum atomic E-state index is 13.0. The number of aromatic nitrogens is 2. The SMILES string of the molecule is CNC(=O)c1nn(CCC23CC4CC(CC(C4)C2)C3)c(=O)c2ccccc12. The summed E-state index contributed by atoms with van der Waals surface area (Å²) in [6.45, 7) is 0.611. The van der Waals surface area contributed by atoms with Crippen molar-refractivity contribution in [1.29, 1.82) is 0 Å². The monoisotopic (exact) mass is 365 g/mol. The van der Waals surface area contributed by atoms with Crippen LogP contribution in [0.1, 0.15) is 55.4 Å². The Labute approximate surface area is 159 Å². The van der Waals surface area contributed by atoms with Gasteiger partial charge in [0.15, 0.2) is 5.69 Å².